The number of rotatable bonds is 1. The summed E-state index contributed by atoms with van der Waals surface area (Å²) in [6.07, 6.45) is 0. The second-order valence-corrected chi connectivity index (χ2v) is 2.92. The summed E-state index contributed by atoms with van der Waals surface area (Å²) >= 11 is 0. The normalized spacial score (nSPS) is 18.3. The van der Waals surface area contributed by atoms with Gasteiger partial charge in [-0.25, -0.2) is 10.0 Å². The van der Waals surface area contributed by atoms with Crippen LogP contribution in [0.1, 0.15) is 13.8 Å². The van der Waals surface area contributed by atoms with Crippen molar-refractivity contribution in [3.63, 3.8) is 0 Å². The summed E-state index contributed by atoms with van der Waals surface area (Å²) in [4.78, 5) is 22.2. The average Bonchev–Trinajstić information content (AvgIpc) is 2.04. The molecule has 74 valence electrons. The van der Waals surface area contributed by atoms with Gasteiger partial charge in [0.2, 0.25) is 11.8 Å². The number of carbonyl (C=O) groups is 2. The van der Waals surface area contributed by atoms with Gasteiger partial charge in [0.1, 0.15) is 0 Å². The molecular weight excluding hydrogens is 172 g/mol. The van der Waals surface area contributed by atoms with Gasteiger partial charge in [-0.2, -0.15) is 0 Å². The highest BCUT2D eigenvalue weighted by atomic mass is 16.5. The fourth-order valence-corrected chi connectivity index (χ4v) is 1.37. The Kier molecular flexibility index (Phi) is 3.39. The minimum atomic E-state index is -0.241. The van der Waals surface area contributed by atoms with Gasteiger partial charge in [-0.1, -0.05) is 0 Å². The Morgan fingerprint density at radius 2 is 1.62 bits per heavy atom. The number of hydrogen-bond acceptors (Lipinski definition) is 4. The number of carbonyl (C=O) groups excluding carboxylic acids is 2. The molecule has 0 aliphatic carbocycles. The first-order chi connectivity index (χ1) is 6.13. The van der Waals surface area contributed by atoms with Crippen molar-refractivity contribution < 1.29 is 14.3 Å². The number of hydrazine groups is 1. The number of morpholine rings is 1. The molecule has 1 fully saturated rings. The zero-order valence-electron chi connectivity index (χ0n) is 7.95. The van der Waals surface area contributed by atoms with Crippen LogP contribution in [0.25, 0.3) is 0 Å². The molecule has 0 aromatic carbocycles. The van der Waals surface area contributed by atoms with Crippen LogP contribution < -0.4 is 0 Å². The van der Waals surface area contributed by atoms with Gasteiger partial charge in [0.05, 0.1) is 13.2 Å². The van der Waals surface area contributed by atoms with E-state index in [9.17, 15) is 9.59 Å². The minimum absolute atomic E-state index is 0.241. The van der Waals surface area contributed by atoms with Gasteiger partial charge in [0.15, 0.2) is 0 Å². The Morgan fingerprint density at radius 3 is 2.00 bits per heavy atom. The van der Waals surface area contributed by atoms with Crippen molar-refractivity contribution in [2.45, 2.75) is 13.8 Å². The van der Waals surface area contributed by atoms with Crippen molar-refractivity contribution in [2.24, 2.45) is 0 Å². The van der Waals surface area contributed by atoms with Gasteiger partial charge >= 0.3 is 0 Å². The molecular formula is C8H14N2O3. The summed E-state index contributed by atoms with van der Waals surface area (Å²) in [5.41, 5.74) is 0. The van der Waals surface area contributed by atoms with E-state index >= 15 is 0 Å². The predicted octanol–water partition coefficient (Wildman–Crippen LogP) is -0.371. The van der Waals surface area contributed by atoms with Crippen LogP contribution in [0, 0.1) is 0 Å². The van der Waals surface area contributed by atoms with Crippen LogP contribution in [0.3, 0.4) is 0 Å². The molecule has 0 aromatic rings. The maximum absolute atomic E-state index is 11.1. The van der Waals surface area contributed by atoms with E-state index in [4.69, 9.17) is 4.74 Å². The quantitative estimate of drug-likeness (QED) is 0.560. The van der Waals surface area contributed by atoms with E-state index in [1.807, 2.05) is 0 Å². The molecule has 1 heterocycles. The Bertz CT molecular complexity index is 197. The number of imide groups is 1. The van der Waals surface area contributed by atoms with Gasteiger partial charge in [0.25, 0.3) is 0 Å². The zero-order chi connectivity index (χ0) is 9.84. The van der Waals surface area contributed by atoms with E-state index in [2.05, 4.69) is 0 Å². The molecule has 0 N–H and O–H groups in total. The molecule has 5 nitrogen and oxygen atoms in total. The highest BCUT2D eigenvalue weighted by Gasteiger charge is 2.23. The number of ether oxygens (including phenoxy) is 1. The lowest BCUT2D eigenvalue weighted by Crippen LogP contribution is -2.52. The van der Waals surface area contributed by atoms with Gasteiger partial charge in [-0.05, 0) is 0 Å². The van der Waals surface area contributed by atoms with Crippen molar-refractivity contribution >= 4 is 11.8 Å². The van der Waals surface area contributed by atoms with Gasteiger partial charge in [-0.15, -0.1) is 0 Å². The minimum Gasteiger partial charge on any atom is -0.379 e. The van der Waals surface area contributed by atoms with E-state index < -0.39 is 0 Å². The maximum atomic E-state index is 11.1. The fraction of sp³-hybridized carbons (Fsp3) is 0.750. The van der Waals surface area contributed by atoms with E-state index in [1.165, 1.54) is 18.9 Å². The van der Waals surface area contributed by atoms with Crippen molar-refractivity contribution in [1.29, 1.82) is 0 Å². The lowest BCUT2D eigenvalue weighted by molar-refractivity contribution is -0.167. The summed E-state index contributed by atoms with van der Waals surface area (Å²) in [5, 5.41) is 2.89. The summed E-state index contributed by atoms with van der Waals surface area (Å²) < 4.78 is 5.12. The summed E-state index contributed by atoms with van der Waals surface area (Å²) in [6.45, 7) is 5.10. The van der Waals surface area contributed by atoms with Gasteiger partial charge < -0.3 is 4.74 Å². The Hall–Kier alpha value is -0.940. The van der Waals surface area contributed by atoms with Crippen molar-refractivity contribution in [3.05, 3.63) is 0 Å². The molecule has 13 heavy (non-hydrogen) atoms. The standard InChI is InChI=1S/C8H14N2O3/c1-7(11)10(8(2)12)9-3-5-13-6-4-9/h3-6H2,1-2H3. The summed E-state index contributed by atoms with van der Waals surface area (Å²) in [5.74, 6) is -0.483. The molecule has 5 heteroatoms. The number of amides is 2. The monoisotopic (exact) mass is 186 g/mol. The molecule has 0 saturated carbocycles. The largest absolute Gasteiger partial charge is 0.379 e. The molecule has 1 aliphatic rings. The first-order valence-electron chi connectivity index (χ1n) is 4.27. The van der Waals surface area contributed by atoms with Crippen LogP contribution in [-0.4, -0.2) is 48.1 Å². The van der Waals surface area contributed by atoms with E-state index in [0.717, 1.165) is 0 Å². The zero-order valence-corrected chi connectivity index (χ0v) is 7.95. The smallest absolute Gasteiger partial charge is 0.240 e. The van der Waals surface area contributed by atoms with Crippen LogP contribution in [0.2, 0.25) is 0 Å². The highest BCUT2D eigenvalue weighted by Crippen LogP contribution is 2.03. The van der Waals surface area contributed by atoms with Gasteiger partial charge in [0, 0.05) is 26.9 Å². The second-order valence-electron chi connectivity index (χ2n) is 2.92. The summed E-state index contributed by atoms with van der Waals surface area (Å²) in [6, 6.07) is 0. The predicted molar refractivity (Wildman–Crippen MR) is 45.6 cm³/mol. The molecule has 0 spiro atoms. The van der Waals surface area contributed by atoms with Crippen LogP contribution in [-0.2, 0) is 14.3 Å². The lowest BCUT2D eigenvalue weighted by Gasteiger charge is -2.34. The second kappa shape index (κ2) is 4.34. The van der Waals surface area contributed by atoms with E-state index in [0.29, 0.717) is 26.3 Å². The van der Waals surface area contributed by atoms with Crippen LogP contribution in [0.4, 0.5) is 0 Å². The van der Waals surface area contributed by atoms with Crippen LogP contribution in [0.15, 0.2) is 0 Å². The van der Waals surface area contributed by atoms with Crippen LogP contribution in [0.5, 0.6) is 0 Å². The third-order valence-corrected chi connectivity index (χ3v) is 1.87. The van der Waals surface area contributed by atoms with E-state index in [-0.39, 0.29) is 11.8 Å². The molecule has 0 unspecified atom stereocenters. The number of nitrogens with zero attached hydrogens (tertiary/aromatic N) is 2. The molecule has 2 amide bonds. The van der Waals surface area contributed by atoms with Crippen LogP contribution >= 0.6 is 0 Å². The number of hydrogen-bond donors (Lipinski definition) is 0. The van der Waals surface area contributed by atoms with Crippen molar-refractivity contribution in [2.75, 3.05) is 26.3 Å². The third-order valence-electron chi connectivity index (χ3n) is 1.87. The fourth-order valence-electron chi connectivity index (χ4n) is 1.37. The molecule has 0 atom stereocenters. The molecule has 1 rings (SSSR count). The third kappa shape index (κ3) is 2.50. The van der Waals surface area contributed by atoms with Gasteiger partial charge in [-0.3, -0.25) is 9.59 Å². The van der Waals surface area contributed by atoms with Crippen molar-refractivity contribution in [3.8, 4) is 0 Å². The van der Waals surface area contributed by atoms with Crippen molar-refractivity contribution in [1.82, 2.24) is 10.0 Å². The first kappa shape index (κ1) is 10.1. The molecule has 1 saturated heterocycles. The topological polar surface area (TPSA) is 49.9 Å². The highest BCUT2D eigenvalue weighted by molar-refractivity contribution is 5.92. The molecule has 1 aliphatic heterocycles. The molecule has 0 bridgehead atoms. The molecule has 0 radical (unpaired) electrons. The maximum Gasteiger partial charge on any atom is 0.240 e. The SMILES string of the molecule is CC(=O)N(C(C)=O)N1CCOCC1. The van der Waals surface area contributed by atoms with E-state index in [1.54, 1.807) is 5.01 Å². The first-order valence-corrected chi connectivity index (χ1v) is 4.27. The lowest BCUT2D eigenvalue weighted by atomic mass is 10.4. The Morgan fingerprint density at radius 1 is 1.15 bits per heavy atom. The average molecular weight is 186 g/mol. The Balaban J connectivity index is 2.62. The Labute approximate surface area is 77.2 Å². The molecule has 0 aromatic heterocycles. The summed E-state index contributed by atoms with van der Waals surface area (Å²) in [7, 11) is 0.